The lowest BCUT2D eigenvalue weighted by Gasteiger charge is -2.17. The van der Waals surface area contributed by atoms with Gasteiger partial charge in [-0.05, 0) is 24.1 Å². The first-order valence-electron chi connectivity index (χ1n) is 8.54. The second kappa shape index (κ2) is 9.33. The summed E-state index contributed by atoms with van der Waals surface area (Å²) in [6, 6.07) is 8.80. The summed E-state index contributed by atoms with van der Waals surface area (Å²) < 4.78 is 0. The molecular formula is C21H23N3O3. The molecule has 2 rings (SSSR count). The maximum Gasteiger partial charge on any atom is 0.405 e. The maximum atomic E-state index is 12.2. The van der Waals surface area contributed by atoms with Gasteiger partial charge >= 0.3 is 6.09 Å². The van der Waals surface area contributed by atoms with E-state index in [4.69, 9.17) is 5.11 Å². The molecular weight excluding hydrogens is 342 g/mol. The average Bonchev–Trinajstić information content (AvgIpc) is 2.67. The van der Waals surface area contributed by atoms with Gasteiger partial charge in [0.05, 0.1) is 12.0 Å². The number of anilines is 1. The Hall–Kier alpha value is -3.41. The van der Waals surface area contributed by atoms with Gasteiger partial charge in [0.25, 0.3) is 0 Å². The molecule has 0 bridgehead atoms. The van der Waals surface area contributed by atoms with Crippen LogP contribution in [0.3, 0.4) is 0 Å². The Balaban J connectivity index is 2.39. The SMILES string of the molecule is C=CC[C@H](NC(=O)O)c1cncc(-c2ccccc2NC(=O)[C@H](C)C=C)c1. The number of amides is 2. The van der Waals surface area contributed by atoms with Crippen molar-refractivity contribution in [3.8, 4) is 11.1 Å². The van der Waals surface area contributed by atoms with Gasteiger partial charge in [0.15, 0.2) is 0 Å². The molecule has 0 aliphatic heterocycles. The van der Waals surface area contributed by atoms with Gasteiger partial charge in [-0.2, -0.15) is 0 Å². The molecule has 2 amide bonds. The van der Waals surface area contributed by atoms with Crippen LogP contribution in [0.4, 0.5) is 10.5 Å². The summed E-state index contributed by atoms with van der Waals surface area (Å²) in [5.41, 5.74) is 2.94. The van der Waals surface area contributed by atoms with Gasteiger partial charge in [0.2, 0.25) is 5.91 Å². The smallest absolute Gasteiger partial charge is 0.405 e. The minimum Gasteiger partial charge on any atom is -0.465 e. The topological polar surface area (TPSA) is 91.3 Å². The number of hydrogen-bond acceptors (Lipinski definition) is 3. The predicted molar refractivity (Wildman–Crippen MR) is 106 cm³/mol. The van der Waals surface area contributed by atoms with E-state index in [2.05, 4.69) is 28.8 Å². The number of pyridine rings is 1. The highest BCUT2D eigenvalue weighted by Crippen LogP contribution is 2.30. The fourth-order valence-electron chi connectivity index (χ4n) is 2.59. The molecule has 0 aliphatic carbocycles. The molecule has 6 nitrogen and oxygen atoms in total. The van der Waals surface area contributed by atoms with Gasteiger partial charge in [0, 0.05) is 29.2 Å². The molecule has 0 aliphatic rings. The number of nitrogens with zero attached hydrogens (tertiary/aromatic N) is 1. The van der Waals surface area contributed by atoms with Gasteiger partial charge < -0.3 is 15.7 Å². The number of aromatic nitrogens is 1. The maximum absolute atomic E-state index is 12.2. The minimum atomic E-state index is -1.11. The van der Waals surface area contributed by atoms with Gasteiger partial charge in [-0.1, -0.05) is 37.3 Å². The number of hydrogen-bond donors (Lipinski definition) is 3. The summed E-state index contributed by atoms with van der Waals surface area (Å²) in [5.74, 6) is -0.474. The Labute approximate surface area is 158 Å². The van der Waals surface area contributed by atoms with Crippen molar-refractivity contribution in [2.24, 2.45) is 5.92 Å². The van der Waals surface area contributed by atoms with E-state index in [0.717, 1.165) is 16.7 Å². The Morgan fingerprint density at radius 2 is 2.00 bits per heavy atom. The van der Waals surface area contributed by atoms with Crippen LogP contribution in [0.1, 0.15) is 24.9 Å². The first-order chi connectivity index (χ1) is 13.0. The predicted octanol–water partition coefficient (Wildman–Crippen LogP) is 4.39. The van der Waals surface area contributed by atoms with Crippen molar-refractivity contribution in [3.63, 3.8) is 0 Å². The lowest BCUT2D eigenvalue weighted by Crippen LogP contribution is -2.26. The molecule has 1 aromatic heterocycles. The number of para-hydroxylation sites is 1. The molecule has 1 heterocycles. The van der Waals surface area contributed by atoms with Crippen LogP contribution in [0.2, 0.25) is 0 Å². The zero-order chi connectivity index (χ0) is 19.8. The van der Waals surface area contributed by atoms with Gasteiger partial charge in [-0.25, -0.2) is 4.79 Å². The van der Waals surface area contributed by atoms with E-state index in [1.807, 2.05) is 30.3 Å². The fourth-order valence-corrected chi connectivity index (χ4v) is 2.59. The molecule has 0 fully saturated rings. The number of carbonyl (C=O) groups is 2. The summed E-state index contributed by atoms with van der Waals surface area (Å²) in [6.07, 6.45) is 5.85. The highest BCUT2D eigenvalue weighted by Gasteiger charge is 2.16. The van der Waals surface area contributed by atoms with Crippen molar-refractivity contribution in [3.05, 3.63) is 73.6 Å². The van der Waals surface area contributed by atoms with Crippen LogP contribution in [0, 0.1) is 5.92 Å². The summed E-state index contributed by atoms with van der Waals surface area (Å²) in [7, 11) is 0. The molecule has 1 aromatic carbocycles. The third-order valence-corrected chi connectivity index (χ3v) is 4.12. The molecule has 0 saturated heterocycles. The third-order valence-electron chi connectivity index (χ3n) is 4.12. The third kappa shape index (κ3) is 5.28. The lowest BCUT2D eigenvalue weighted by atomic mass is 9.99. The van der Waals surface area contributed by atoms with Crippen LogP contribution in [-0.2, 0) is 4.79 Å². The van der Waals surface area contributed by atoms with Crippen molar-refractivity contribution in [1.29, 1.82) is 0 Å². The highest BCUT2D eigenvalue weighted by molar-refractivity contribution is 5.97. The molecule has 0 unspecified atom stereocenters. The Morgan fingerprint density at radius 1 is 1.26 bits per heavy atom. The van der Waals surface area contributed by atoms with Crippen molar-refractivity contribution >= 4 is 17.7 Å². The van der Waals surface area contributed by atoms with Crippen LogP contribution in [0.15, 0.2) is 68.0 Å². The quantitative estimate of drug-likeness (QED) is 0.605. The number of carbonyl (C=O) groups excluding carboxylic acids is 1. The summed E-state index contributed by atoms with van der Waals surface area (Å²) in [6.45, 7) is 9.09. The number of benzene rings is 1. The Morgan fingerprint density at radius 3 is 2.67 bits per heavy atom. The first kappa shape index (κ1) is 19.9. The van der Waals surface area contributed by atoms with Crippen molar-refractivity contribution in [1.82, 2.24) is 10.3 Å². The normalized spacial score (nSPS) is 12.5. The lowest BCUT2D eigenvalue weighted by molar-refractivity contribution is -0.118. The average molecular weight is 365 g/mol. The molecule has 27 heavy (non-hydrogen) atoms. The monoisotopic (exact) mass is 365 g/mol. The fraction of sp³-hybridized carbons (Fsp3) is 0.190. The summed E-state index contributed by atoms with van der Waals surface area (Å²) >= 11 is 0. The summed E-state index contributed by atoms with van der Waals surface area (Å²) in [5, 5.41) is 14.4. The molecule has 0 spiro atoms. The zero-order valence-electron chi connectivity index (χ0n) is 15.2. The Kier molecular flexibility index (Phi) is 6.88. The van der Waals surface area contributed by atoms with E-state index in [0.29, 0.717) is 12.1 Å². The van der Waals surface area contributed by atoms with Crippen LogP contribution < -0.4 is 10.6 Å². The number of nitrogens with one attached hydrogen (secondary N) is 2. The van der Waals surface area contributed by atoms with Crippen LogP contribution in [0.5, 0.6) is 0 Å². The molecule has 140 valence electrons. The van der Waals surface area contributed by atoms with E-state index in [9.17, 15) is 9.59 Å². The molecule has 0 saturated carbocycles. The molecule has 2 aromatic rings. The molecule has 2 atom stereocenters. The standard InChI is InChI=1S/C21H23N3O3/c1-4-8-18(24-21(26)27)16-11-15(12-22-13-16)17-9-6-7-10-19(17)23-20(25)14(3)5-2/h4-7,9-14,18,24H,1-2,8H2,3H3,(H,23,25)(H,26,27)/t14-,18+/m1/s1. The first-order valence-corrected chi connectivity index (χ1v) is 8.54. The largest absolute Gasteiger partial charge is 0.465 e. The van der Waals surface area contributed by atoms with Gasteiger partial charge in [-0.15, -0.1) is 13.2 Å². The number of carboxylic acid groups (broad SMARTS) is 1. The molecule has 3 N–H and O–H groups in total. The molecule has 0 radical (unpaired) electrons. The van der Waals surface area contributed by atoms with E-state index in [1.54, 1.807) is 31.5 Å². The van der Waals surface area contributed by atoms with Gasteiger partial charge in [-0.3, -0.25) is 9.78 Å². The second-order valence-corrected chi connectivity index (χ2v) is 6.09. The van der Waals surface area contributed by atoms with Crippen LogP contribution >= 0.6 is 0 Å². The molecule has 6 heteroatoms. The highest BCUT2D eigenvalue weighted by atomic mass is 16.4. The van der Waals surface area contributed by atoms with Crippen molar-refractivity contribution in [2.45, 2.75) is 19.4 Å². The van der Waals surface area contributed by atoms with E-state index in [-0.39, 0.29) is 11.8 Å². The van der Waals surface area contributed by atoms with E-state index < -0.39 is 12.1 Å². The van der Waals surface area contributed by atoms with Crippen molar-refractivity contribution < 1.29 is 14.7 Å². The van der Waals surface area contributed by atoms with E-state index in [1.165, 1.54) is 0 Å². The van der Waals surface area contributed by atoms with Crippen LogP contribution in [-0.4, -0.2) is 22.1 Å². The Bertz CT molecular complexity index is 848. The number of rotatable bonds is 8. The summed E-state index contributed by atoms with van der Waals surface area (Å²) in [4.78, 5) is 27.5. The van der Waals surface area contributed by atoms with Crippen molar-refractivity contribution in [2.75, 3.05) is 5.32 Å². The van der Waals surface area contributed by atoms with Gasteiger partial charge in [0.1, 0.15) is 0 Å². The van der Waals surface area contributed by atoms with Crippen LogP contribution in [0.25, 0.3) is 11.1 Å². The zero-order valence-corrected chi connectivity index (χ0v) is 15.2. The minimum absolute atomic E-state index is 0.154. The van der Waals surface area contributed by atoms with E-state index >= 15 is 0 Å². The second-order valence-electron chi connectivity index (χ2n) is 6.09.